The second-order valence-electron chi connectivity index (χ2n) is 2.60. The van der Waals surface area contributed by atoms with Gasteiger partial charge in [0.1, 0.15) is 0 Å². The summed E-state index contributed by atoms with van der Waals surface area (Å²) in [6.07, 6.45) is 5.35. The van der Waals surface area contributed by atoms with Crippen LogP contribution in [0.15, 0.2) is 21.4 Å². The first-order valence-corrected chi connectivity index (χ1v) is 4.11. The Balaban J connectivity index is 2.00. The molecule has 1 radical (unpaired) electrons. The molecule has 77 valence electrons. The maximum absolute atomic E-state index is 5.23. The molecule has 0 aliphatic rings. The Morgan fingerprint density at radius 3 is 2.75 bits per heavy atom. The van der Waals surface area contributed by atoms with E-state index in [1.54, 1.807) is 0 Å². The van der Waals surface area contributed by atoms with Gasteiger partial charge in [0, 0.05) is 6.20 Å². The van der Waals surface area contributed by atoms with E-state index in [2.05, 4.69) is 46.5 Å². The zero-order chi connectivity index (χ0) is 10.8. The van der Waals surface area contributed by atoms with Crippen molar-refractivity contribution < 1.29 is 9.05 Å². The van der Waals surface area contributed by atoms with E-state index in [1.807, 2.05) is 0 Å². The molecule has 0 aliphatic carbocycles. The van der Waals surface area contributed by atoms with Crippen LogP contribution in [0.4, 0.5) is 0 Å². The first-order chi connectivity index (χ1) is 7.93. The fraction of sp³-hybridized carbons (Fsp3) is 0. The molecule has 0 saturated heterocycles. The molecule has 0 N–H and O–H groups in total. The summed E-state index contributed by atoms with van der Waals surface area (Å²) in [6, 6.07) is 0. The van der Waals surface area contributed by atoms with Crippen molar-refractivity contribution in [1.82, 2.24) is 35.7 Å². The van der Waals surface area contributed by atoms with Gasteiger partial charge < -0.3 is 4.42 Å². The standard InChI is InChI=1S/C7H2N7O2/c1-2-9-11-5(8-1)7-13-12-6(15-7)4-3-10-16-14-4/h1-2H. The highest BCUT2D eigenvalue weighted by Gasteiger charge is 2.15. The molecule has 9 heteroatoms. The minimum atomic E-state index is 0.128. The van der Waals surface area contributed by atoms with Gasteiger partial charge in [-0.25, -0.2) is 9.61 Å². The minimum absolute atomic E-state index is 0.128. The molecule has 0 atom stereocenters. The van der Waals surface area contributed by atoms with Crippen molar-refractivity contribution in [3.63, 3.8) is 0 Å². The van der Waals surface area contributed by atoms with Crippen LogP contribution in [0, 0.1) is 6.20 Å². The third kappa shape index (κ3) is 1.39. The average Bonchev–Trinajstić information content (AvgIpc) is 3.01. The van der Waals surface area contributed by atoms with Crippen molar-refractivity contribution in [3.8, 4) is 23.3 Å². The van der Waals surface area contributed by atoms with Crippen molar-refractivity contribution in [3.05, 3.63) is 18.6 Å². The maximum atomic E-state index is 5.23. The van der Waals surface area contributed by atoms with Crippen LogP contribution in [0.2, 0.25) is 0 Å². The van der Waals surface area contributed by atoms with E-state index in [0.717, 1.165) is 0 Å². The Labute approximate surface area is 87.5 Å². The van der Waals surface area contributed by atoms with Crippen LogP contribution in [-0.2, 0) is 0 Å². The Bertz CT molecular complexity index is 576. The second-order valence-corrected chi connectivity index (χ2v) is 2.60. The Hall–Kier alpha value is -2.71. The lowest BCUT2D eigenvalue weighted by molar-refractivity contribution is 0.306. The van der Waals surface area contributed by atoms with Gasteiger partial charge in [-0.3, -0.25) is 0 Å². The molecule has 3 heterocycles. The monoisotopic (exact) mass is 216 g/mol. The quantitative estimate of drug-likeness (QED) is 0.572. The zero-order valence-electron chi connectivity index (χ0n) is 7.60. The molecule has 0 aromatic carbocycles. The summed E-state index contributed by atoms with van der Waals surface area (Å²) in [7, 11) is 0. The molecule has 0 aliphatic heterocycles. The van der Waals surface area contributed by atoms with Crippen LogP contribution in [-0.4, -0.2) is 35.7 Å². The third-order valence-corrected chi connectivity index (χ3v) is 1.63. The lowest BCUT2D eigenvalue weighted by atomic mass is 10.5. The minimum Gasteiger partial charge on any atom is -0.412 e. The van der Waals surface area contributed by atoms with Crippen molar-refractivity contribution in [2.75, 3.05) is 0 Å². The van der Waals surface area contributed by atoms with E-state index in [4.69, 9.17) is 4.42 Å². The van der Waals surface area contributed by atoms with Gasteiger partial charge in [0.25, 0.3) is 11.8 Å². The van der Waals surface area contributed by atoms with Crippen molar-refractivity contribution >= 4 is 0 Å². The summed E-state index contributed by atoms with van der Waals surface area (Å²) >= 11 is 0. The smallest absolute Gasteiger partial charge is 0.287 e. The van der Waals surface area contributed by atoms with Crippen LogP contribution in [0.5, 0.6) is 0 Å². The van der Waals surface area contributed by atoms with Crippen LogP contribution in [0.25, 0.3) is 23.3 Å². The van der Waals surface area contributed by atoms with Gasteiger partial charge in [-0.05, 0) is 10.3 Å². The van der Waals surface area contributed by atoms with Gasteiger partial charge in [0.05, 0.1) is 6.20 Å². The van der Waals surface area contributed by atoms with E-state index in [-0.39, 0.29) is 23.3 Å². The van der Waals surface area contributed by atoms with E-state index >= 15 is 0 Å². The lowest BCUT2D eigenvalue weighted by Gasteiger charge is -1.87. The van der Waals surface area contributed by atoms with E-state index < -0.39 is 0 Å². The first-order valence-electron chi connectivity index (χ1n) is 4.11. The van der Waals surface area contributed by atoms with Gasteiger partial charge in [0.15, 0.2) is 6.20 Å². The van der Waals surface area contributed by atoms with Crippen molar-refractivity contribution in [2.45, 2.75) is 0 Å². The summed E-state index contributed by atoms with van der Waals surface area (Å²) < 4.78 is 9.59. The van der Waals surface area contributed by atoms with Gasteiger partial charge in [0.2, 0.25) is 11.5 Å². The molecule has 0 spiro atoms. The Morgan fingerprint density at radius 2 is 2.00 bits per heavy atom. The van der Waals surface area contributed by atoms with Gasteiger partial charge in [-0.2, -0.15) is 5.10 Å². The fourth-order valence-electron chi connectivity index (χ4n) is 0.987. The highest BCUT2D eigenvalue weighted by atomic mass is 16.6. The number of aromatic nitrogens is 7. The third-order valence-electron chi connectivity index (χ3n) is 1.63. The van der Waals surface area contributed by atoms with Crippen LogP contribution in [0.3, 0.4) is 0 Å². The summed E-state index contributed by atoms with van der Waals surface area (Å²) in [5.74, 6) is 0.501. The summed E-state index contributed by atoms with van der Waals surface area (Å²) in [5, 5.41) is 21.6. The number of hydrogen-bond acceptors (Lipinski definition) is 9. The molecule has 0 unspecified atom stereocenters. The van der Waals surface area contributed by atoms with E-state index in [0.29, 0.717) is 0 Å². The first kappa shape index (κ1) is 8.59. The molecule has 0 fully saturated rings. The average molecular weight is 216 g/mol. The Kier molecular flexibility index (Phi) is 1.85. The fourth-order valence-corrected chi connectivity index (χ4v) is 0.987. The molecule has 3 aromatic rings. The predicted molar refractivity (Wildman–Crippen MR) is 45.2 cm³/mol. The van der Waals surface area contributed by atoms with Crippen LogP contribution < -0.4 is 0 Å². The molecule has 0 saturated carbocycles. The zero-order valence-corrected chi connectivity index (χ0v) is 7.60. The molecule has 0 amide bonds. The highest BCUT2D eigenvalue weighted by Crippen LogP contribution is 2.17. The number of rotatable bonds is 2. The topological polar surface area (TPSA) is 117 Å². The molecule has 9 nitrogen and oxygen atoms in total. The molecule has 3 rings (SSSR count). The second kappa shape index (κ2) is 3.46. The van der Waals surface area contributed by atoms with Crippen LogP contribution in [0.1, 0.15) is 0 Å². The summed E-state index contributed by atoms with van der Waals surface area (Å²) in [5.41, 5.74) is 0.225. The molecular formula is C7H2N7O2. The van der Waals surface area contributed by atoms with E-state index in [1.165, 1.54) is 12.4 Å². The summed E-state index contributed by atoms with van der Waals surface area (Å²) in [4.78, 5) is 3.90. The Morgan fingerprint density at radius 1 is 1.06 bits per heavy atom. The van der Waals surface area contributed by atoms with Gasteiger partial charge in [-0.15, -0.1) is 15.3 Å². The van der Waals surface area contributed by atoms with E-state index in [9.17, 15) is 0 Å². The number of hydrogen-bond donors (Lipinski definition) is 0. The van der Waals surface area contributed by atoms with Gasteiger partial charge >= 0.3 is 0 Å². The van der Waals surface area contributed by atoms with Crippen molar-refractivity contribution in [1.29, 1.82) is 0 Å². The normalized spacial score (nSPS) is 10.5. The number of nitrogens with zero attached hydrogens (tertiary/aromatic N) is 7. The molecule has 3 aromatic heterocycles. The molecule has 16 heavy (non-hydrogen) atoms. The highest BCUT2D eigenvalue weighted by molar-refractivity contribution is 5.46. The molecule has 0 bridgehead atoms. The largest absolute Gasteiger partial charge is 0.412 e. The van der Waals surface area contributed by atoms with Crippen molar-refractivity contribution in [2.24, 2.45) is 0 Å². The maximum Gasteiger partial charge on any atom is 0.287 e. The molecular weight excluding hydrogens is 214 g/mol. The predicted octanol–water partition coefficient (Wildman–Crippen LogP) is -0.228. The van der Waals surface area contributed by atoms with Gasteiger partial charge in [-0.1, -0.05) is 0 Å². The van der Waals surface area contributed by atoms with Crippen LogP contribution >= 0.6 is 0 Å². The summed E-state index contributed by atoms with van der Waals surface area (Å²) in [6.45, 7) is 0. The lowest BCUT2D eigenvalue weighted by Crippen LogP contribution is -1.89. The SMILES string of the molecule is [c]1nonc1-c1nnc(-c2nccnn2)o1.